The van der Waals surface area contributed by atoms with E-state index in [2.05, 4.69) is 0 Å². The minimum atomic E-state index is -0.420. The van der Waals surface area contributed by atoms with Gasteiger partial charge in [-0.05, 0) is 17.7 Å². The van der Waals surface area contributed by atoms with Gasteiger partial charge in [0.25, 0.3) is 5.91 Å². The zero-order chi connectivity index (χ0) is 13.0. The lowest BCUT2D eigenvalue weighted by molar-refractivity contribution is -0.126. The van der Waals surface area contributed by atoms with Crippen LogP contribution in [0.2, 0.25) is 0 Å². The van der Waals surface area contributed by atoms with Crippen LogP contribution in [0, 0.1) is 0 Å². The minimum Gasteiger partial charge on any atom is -0.459 e. The van der Waals surface area contributed by atoms with Crippen molar-refractivity contribution in [2.24, 2.45) is 0 Å². The Hall–Kier alpha value is -2.36. The maximum Gasteiger partial charge on any atom is 0.296 e. The summed E-state index contributed by atoms with van der Waals surface area (Å²) in [5, 5.41) is 0. The molecule has 2 amide bonds. The van der Waals surface area contributed by atoms with Crippen molar-refractivity contribution in [2.75, 3.05) is 0 Å². The van der Waals surface area contributed by atoms with E-state index in [4.69, 9.17) is 4.42 Å². The average molecular weight is 243 g/mol. The van der Waals surface area contributed by atoms with Crippen LogP contribution in [-0.2, 0) is 11.3 Å². The molecule has 0 radical (unpaired) electrons. The quantitative estimate of drug-likeness (QED) is 0.832. The largest absolute Gasteiger partial charge is 0.459 e. The highest BCUT2D eigenvalue weighted by Crippen LogP contribution is 2.10. The summed E-state index contributed by atoms with van der Waals surface area (Å²) in [6.07, 6.45) is 1.41. The number of hydrogen-bond acceptors (Lipinski definition) is 3. The molecule has 4 heteroatoms. The Morgan fingerprint density at radius 3 is 2.39 bits per heavy atom. The Kier molecular flexibility index (Phi) is 3.57. The van der Waals surface area contributed by atoms with Crippen molar-refractivity contribution in [2.45, 2.75) is 13.5 Å². The summed E-state index contributed by atoms with van der Waals surface area (Å²) in [6.45, 7) is 1.61. The summed E-state index contributed by atoms with van der Waals surface area (Å²) in [6, 6.07) is 12.5. The second-order valence-corrected chi connectivity index (χ2v) is 3.87. The van der Waals surface area contributed by atoms with Gasteiger partial charge in [-0.1, -0.05) is 30.3 Å². The van der Waals surface area contributed by atoms with Crippen LogP contribution in [0.15, 0.2) is 53.1 Å². The highest BCUT2D eigenvalue weighted by molar-refractivity contribution is 6.02. The fourth-order valence-corrected chi connectivity index (χ4v) is 1.63. The van der Waals surface area contributed by atoms with Crippen LogP contribution in [0.3, 0.4) is 0 Å². The molecular weight excluding hydrogens is 230 g/mol. The molecule has 1 aromatic heterocycles. The number of furan rings is 1. The van der Waals surface area contributed by atoms with Gasteiger partial charge in [-0.25, -0.2) is 0 Å². The summed E-state index contributed by atoms with van der Waals surface area (Å²) in [7, 11) is 0. The fourth-order valence-electron chi connectivity index (χ4n) is 1.63. The molecule has 2 aromatic rings. The number of imide groups is 1. The first-order chi connectivity index (χ1) is 8.68. The smallest absolute Gasteiger partial charge is 0.296 e. The van der Waals surface area contributed by atoms with Crippen LogP contribution in [0.5, 0.6) is 0 Å². The number of rotatable bonds is 3. The highest BCUT2D eigenvalue weighted by Gasteiger charge is 2.21. The van der Waals surface area contributed by atoms with Gasteiger partial charge in [0.05, 0.1) is 12.8 Å². The lowest BCUT2D eigenvalue weighted by Crippen LogP contribution is -2.34. The van der Waals surface area contributed by atoms with E-state index in [1.807, 2.05) is 30.3 Å². The molecule has 0 aliphatic heterocycles. The van der Waals surface area contributed by atoms with Gasteiger partial charge >= 0.3 is 0 Å². The summed E-state index contributed by atoms with van der Waals surface area (Å²) >= 11 is 0. The lowest BCUT2D eigenvalue weighted by atomic mass is 10.2. The van der Waals surface area contributed by atoms with E-state index in [-0.39, 0.29) is 18.2 Å². The van der Waals surface area contributed by atoms with Gasteiger partial charge in [-0.15, -0.1) is 0 Å². The lowest BCUT2D eigenvalue weighted by Gasteiger charge is -2.17. The first-order valence-electron chi connectivity index (χ1n) is 5.58. The maximum atomic E-state index is 12.1. The van der Waals surface area contributed by atoms with Gasteiger partial charge in [0, 0.05) is 6.92 Å². The van der Waals surface area contributed by atoms with Crippen LogP contribution >= 0.6 is 0 Å². The topological polar surface area (TPSA) is 50.5 Å². The zero-order valence-corrected chi connectivity index (χ0v) is 10.00. The van der Waals surface area contributed by atoms with Crippen molar-refractivity contribution in [3.8, 4) is 0 Å². The molecule has 92 valence electrons. The standard InChI is InChI=1S/C14H13NO3/c1-11(16)15(10-12-6-3-2-4-7-12)14(17)13-8-5-9-18-13/h2-9H,10H2,1H3. The third kappa shape index (κ3) is 2.66. The average Bonchev–Trinajstić information content (AvgIpc) is 2.90. The summed E-state index contributed by atoms with van der Waals surface area (Å²) in [4.78, 5) is 24.8. The van der Waals surface area contributed by atoms with Gasteiger partial charge < -0.3 is 4.42 Å². The molecule has 0 spiro atoms. The molecule has 2 rings (SSSR count). The molecule has 0 bridgehead atoms. The van der Waals surface area contributed by atoms with Gasteiger partial charge in [0.1, 0.15) is 0 Å². The second-order valence-electron chi connectivity index (χ2n) is 3.87. The van der Waals surface area contributed by atoms with Crippen molar-refractivity contribution in [3.63, 3.8) is 0 Å². The zero-order valence-electron chi connectivity index (χ0n) is 10.00. The Bertz CT molecular complexity index is 531. The number of nitrogens with zero attached hydrogens (tertiary/aromatic N) is 1. The van der Waals surface area contributed by atoms with Crippen LogP contribution < -0.4 is 0 Å². The van der Waals surface area contributed by atoms with Gasteiger partial charge in [0.15, 0.2) is 5.76 Å². The van der Waals surface area contributed by atoms with Crippen LogP contribution in [0.4, 0.5) is 0 Å². The molecule has 0 saturated heterocycles. The number of benzene rings is 1. The van der Waals surface area contributed by atoms with Crippen molar-refractivity contribution in [1.82, 2.24) is 4.90 Å². The highest BCUT2D eigenvalue weighted by atomic mass is 16.3. The molecule has 0 saturated carbocycles. The van der Waals surface area contributed by atoms with Gasteiger partial charge in [-0.2, -0.15) is 0 Å². The van der Waals surface area contributed by atoms with Crippen molar-refractivity contribution < 1.29 is 14.0 Å². The molecule has 0 unspecified atom stereocenters. The van der Waals surface area contributed by atoms with E-state index in [1.165, 1.54) is 13.2 Å². The number of amides is 2. The molecule has 0 aliphatic carbocycles. The van der Waals surface area contributed by atoms with Crippen LogP contribution in [0.25, 0.3) is 0 Å². The fraction of sp³-hybridized carbons (Fsp3) is 0.143. The Morgan fingerprint density at radius 2 is 1.83 bits per heavy atom. The van der Waals surface area contributed by atoms with Crippen molar-refractivity contribution in [3.05, 3.63) is 60.1 Å². The van der Waals surface area contributed by atoms with E-state index < -0.39 is 5.91 Å². The number of carbonyl (C=O) groups excluding carboxylic acids is 2. The molecule has 18 heavy (non-hydrogen) atoms. The van der Waals surface area contributed by atoms with E-state index >= 15 is 0 Å². The molecule has 1 aromatic carbocycles. The van der Waals surface area contributed by atoms with Crippen LogP contribution in [0.1, 0.15) is 23.0 Å². The van der Waals surface area contributed by atoms with Crippen LogP contribution in [-0.4, -0.2) is 16.7 Å². The molecule has 0 aliphatic rings. The molecular formula is C14H13NO3. The molecule has 0 atom stereocenters. The normalized spacial score (nSPS) is 10.1. The predicted molar refractivity (Wildman–Crippen MR) is 65.7 cm³/mol. The Labute approximate surface area is 105 Å². The maximum absolute atomic E-state index is 12.1. The first kappa shape index (κ1) is 12.1. The van der Waals surface area contributed by atoms with E-state index in [9.17, 15) is 9.59 Å². The minimum absolute atomic E-state index is 0.168. The van der Waals surface area contributed by atoms with E-state index in [0.717, 1.165) is 10.5 Å². The summed E-state index contributed by atoms with van der Waals surface area (Å²) in [5.41, 5.74) is 0.896. The molecule has 0 fully saturated rings. The van der Waals surface area contributed by atoms with Gasteiger partial charge in [0.2, 0.25) is 5.91 Å². The predicted octanol–water partition coefficient (Wildman–Crippen LogP) is 2.47. The first-order valence-corrected chi connectivity index (χ1v) is 5.58. The van der Waals surface area contributed by atoms with Crippen molar-refractivity contribution in [1.29, 1.82) is 0 Å². The summed E-state index contributed by atoms with van der Waals surface area (Å²) < 4.78 is 5.02. The molecule has 4 nitrogen and oxygen atoms in total. The third-order valence-corrected chi connectivity index (χ3v) is 2.54. The van der Waals surface area contributed by atoms with Gasteiger partial charge in [-0.3, -0.25) is 14.5 Å². The second kappa shape index (κ2) is 5.31. The number of hydrogen-bond donors (Lipinski definition) is 0. The van der Waals surface area contributed by atoms with Crippen molar-refractivity contribution >= 4 is 11.8 Å². The molecule has 1 heterocycles. The Morgan fingerprint density at radius 1 is 1.11 bits per heavy atom. The SMILES string of the molecule is CC(=O)N(Cc1ccccc1)C(=O)c1ccco1. The summed E-state index contributed by atoms with van der Waals surface area (Å²) in [5.74, 6) is -0.558. The van der Waals surface area contributed by atoms with E-state index in [1.54, 1.807) is 12.1 Å². The monoisotopic (exact) mass is 243 g/mol. The third-order valence-electron chi connectivity index (χ3n) is 2.54. The van der Waals surface area contributed by atoms with E-state index in [0.29, 0.717) is 0 Å². The Balaban J connectivity index is 2.19. The number of carbonyl (C=O) groups is 2. The molecule has 0 N–H and O–H groups in total.